The Morgan fingerprint density at radius 3 is 2.53 bits per heavy atom. The molecule has 0 aliphatic carbocycles. The van der Waals surface area contributed by atoms with E-state index in [2.05, 4.69) is 27.4 Å². The summed E-state index contributed by atoms with van der Waals surface area (Å²) in [6, 6.07) is 17.8. The lowest BCUT2D eigenvalue weighted by Crippen LogP contribution is -2.34. The highest BCUT2D eigenvalue weighted by atomic mass is 35.5. The molecule has 0 unspecified atom stereocenters. The van der Waals surface area contributed by atoms with Crippen LogP contribution in [-0.2, 0) is 0 Å². The molecule has 30 heavy (non-hydrogen) atoms. The van der Waals surface area contributed by atoms with E-state index in [1.54, 1.807) is 18.0 Å². The molecule has 3 atom stereocenters. The van der Waals surface area contributed by atoms with Crippen molar-refractivity contribution in [2.75, 3.05) is 26.7 Å². The van der Waals surface area contributed by atoms with Gasteiger partial charge in [0.1, 0.15) is 5.75 Å². The molecule has 0 spiro atoms. The van der Waals surface area contributed by atoms with Crippen molar-refractivity contribution >= 4 is 18.3 Å². The second kappa shape index (κ2) is 8.50. The van der Waals surface area contributed by atoms with Crippen LogP contribution in [0.4, 0.5) is 0 Å². The fourth-order valence-electron chi connectivity index (χ4n) is 4.70. The monoisotopic (exact) mass is 424 g/mol. The van der Waals surface area contributed by atoms with Crippen molar-refractivity contribution < 1.29 is 9.53 Å². The van der Waals surface area contributed by atoms with Gasteiger partial charge in [0.05, 0.1) is 18.8 Å². The Morgan fingerprint density at radius 1 is 1.10 bits per heavy atom. The first-order valence-corrected chi connectivity index (χ1v) is 10.0. The Labute approximate surface area is 182 Å². The SMILES string of the molecule is COc1ccc([C@H]2[C@H]3CNC[C@H]3CN2C(=O)c2ccc(-n3cccn3)cc2)cc1.Cl. The number of nitrogens with one attached hydrogen (secondary N) is 1. The van der Waals surface area contributed by atoms with Crippen LogP contribution >= 0.6 is 12.4 Å². The smallest absolute Gasteiger partial charge is 0.254 e. The van der Waals surface area contributed by atoms with Crippen LogP contribution in [0, 0.1) is 11.8 Å². The molecule has 2 fully saturated rings. The van der Waals surface area contributed by atoms with Crippen LogP contribution in [0.5, 0.6) is 5.75 Å². The van der Waals surface area contributed by atoms with Gasteiger partial charge in [-0.15, -0.1) is 12.4 Å². The molecule has 0 saturated carbocycles. The van der Waals surface area contributed by atoms with E-state index in [-0.39, 0.29) is 24.4 Å². The molecule has 3 heterocycles. The molecule has 7 heteroatoms. The third-order valence-corrected chi connectivity index (χ3v) is 6.17. The van der Waals surface area contributed by atoms with Gasteiger partial charge >= 0.3 is 0 Å². The third kappa shape index (κ3) is 3.57. The molecule has 0 radical (unpaired) electrons. The Morgan fingerprint density at radius 2 is 1.87 bits per heavy atom. The summed E-state index contributed by atoms with van der Waals surface area (Å²) in [7, 11) is 1.67. The number of methoxy groups -OCH3 is 1. The number of likely N-dealkylation sites (tertiary alicyclic amines) is 1. The number of carbonyl (C=O) groups is 1. The molecule has 6 nitrogen and oxygen atoms in total. The maximum absolute atomic E-state index is 13.4. The average Bonchev–Trinajstić information content (AvgIpc) is 3.51. The molecular weight excluding hydrogens is 400 g/mol. The second-order valence-electron chi connectivity index (χ2n) is 7.76. The van der Waals surface area contributed by atoms with Gasteiger partial charge in [0.15, 0.2) is 0 Å². The fraction of sp³-hybridized carbons (Fsp3) is 0.304. The minimum Gasteiger partial charge on any atom is -0.497 e. The maximum Gasteiger partial charge on any atom is 0.254 e. The van der Waals surface area contributed by atoms with E-state index < -0.39 is 0 Å². The number of hydrogen-bond donors (Lipinski definition) is 1. The molecule has 1 aromatic heterocycles. The molecule has 156 valence electrons. The molecule has 0 bridgehead atoms. The van der Waals surface area contributed by atoms with Gasteiger partial charge in [-0.1, -0.05) is 12.1 Å². The van der Waals surface area contributed by atoms with E-state index in [0.717, 1.165) is 31.1 Å². The van der Waals surface area contributed by atoms with Crippen LogP contribution in [0.25, 0.3) is 5.69 Å². The summed E-state index contributed by atoms with van der Waals surface area (Å²) in [4.78, 5) is 15.5. The summed E-state index contributed by atoms with van der Waals surface area (Å²) in [6.45, 7) is 2.71. The van der Waals surface area contributed by atoms with Crippen molar-refractivity contribution in [2.45, 2.75) is 6.04 Å². The predicted octanol–water partition coefficient (Wildman–Crippen LogP) is 3.34. The summed E-state index contributed by atoms with van der Waals surface area (Å²) in [5.74, 6) is 1.86. The van der Waals surface area contributed by atoms with E-state index in [1.807, 2.05) is 48.7 Å². The molecule has 1 N–H and O–H groups in total. The Hall–Kier alpha value is -2.83. The number of rotatable bonds is 4. The minimum atomic E-state index is 0. The molecule has 2 aliphatic heterocycles. The number of nitrogens with zero attached hydrogens (tertiary/aromatic N) is 3. The zero-order chi connectivity index (χ0) is 19.8. The fourth-order valence-corrected chi connectivity index (χ4v) is 4.70. The summed E-state index contributed by atoms with van der Waals surface area (Å²) < 4.78 is 7.10. The molecule has 1 amide bonds. The van der Waals surface area contributed by atoms with Crippen molar-refractivity contribution in [1.29, 1.82) is 0 Å². The number of ether oxygens (including phenoxy) is 1. The van der Waals surface area contributed by atoms with Crippen molar-refractivity contribution in [2.24, 2.45) is 11.8 Å². The van der Waals surface area contributed by atoms with Crippen LogP contribution in [0.1, 0.15) is 22.0 Å². The van der Waals surface area contributed by atoms with Crippen molar-refractivity contribution in [1.82, 2.24) is 20.0 Å². The first kappa shape index (κ1) is 20.4. The summed E-state index contributed by atoms with van der Waals surface area (Å²) in [6.07, 6.45) is 3.64. The molecule has 2 aromatic carbocycles. The minimum absolute atomic E-state index is 0. The van der Waals surface area contributed by atoms with Gasteiger partial charge in [0.2, 0.25) is 0 Å². The van der Waals surface area contributed by atoms with Crippen LogP contribution < -0.4 is 10.1 Å². The van der Waals surface area contributed by atoms with Crippen LogP contribution in [0.3, 0.4) is 0 Å². The topological polar surface area (TPSA) is 59.4 Å². The number of amides is 1. The van der Waals surface area contributed by atoms with Gasteiger partial charge in [-0.3, -0.25) is 4.79 Å². The lowest BCUT2D eigenvalue weighted by Gasteiger charge is -2.28. The third-order valence-electron chi connectivity index (χ3n) is 6.17. The number of aromatic nitrogens is 2. The van der Waals surface area contributed by atoms with Crippen LogP contribution in [0.15, 0.2) is 67.0 Å². The first-order valence-electron chi connectivity index (χ1n) is 10.0. The normalized spacial score (nSPS) is 22.4. The predicted molar refractivity (Wildman–Crippen MR) is 117 cm³/mol. The van der Waals surface area contributed by atoms with Crippen molar-refractivity contribution in [3.8, 4) is 11.4 Å². The molecule has 2 saturated heterocycles. The van der Waals surface area contributed by atoms with Gasteiger partial charge in [0, 0.05) is 43.5 Å². The highest BCUT2D eigenvalue weighted by Crippen LogP contribution is 2.43. The number of benzene rings is 2. The first-order chi connectivity index (χ1) is 14.2. The van der Waals surface area contributed by atoms with Gasteiger partial charge < -0.3 is 15.0 Å². The highest BCUT2D eigenvalue weighted by Gasteiger charge is 2.46. The van der Waals surface area contributed by atoms with Gasteiger partial charge in [-0.05, 0) is 53.9 Å². The summed E-state index contributed by atoms with van der Waals surface area (Å²) in [5, 5.41) is 7.74. The maximum atomic E-state index is 13.4. The van der Waals surface area contributed by atoms with Crippen LogP contribution in [0.2, 0.25) is 0 Å². The Balaban J connectivity index is 0.00000218. The second-order valence-corrected chi connectivity index (χ2v) is 7.76. The van der Waals surface area contributed by atoms with Gasteiger partial charge in [-0.2, -0.15) is 5.10 Å². The van der Waals surface area contributed by atoms with E-state index >= 15 is 0 Å². The summed E-state index contributed by atoms with van der Waals surface area (Å²) in [5.41, 5.74) is 2.83. The number of hydrogen-bond acceptors (Lipinski definition) is 4. The van der Waals surface area contributed by atoms with Crippen molar-refractivity contribution in [3.63, 3.8) is 0 Å². The van der Waals surface area contributed by atoms with E-state index in [0.29, 0.717) is 17.4 Å². The lowest BCUT2D eigenvalue weighted by molar-refractivity contribution is 0.0714. The highest BCUT2D eigenvalue weighted by molar-refractivity contribution is 5.95. The van der Waals surface area contributed by atoms with E-state index in [4.69, 9.17) is 4.74 Å². The number of carbonyl (C=O) groups excluding carboxylic acids is 1. The Bertz CT molecular complexity index is 989. The number of fused-ring (bicyclic) bond motifs is 1. The molecule has 3 aromatic rings. The van der Waals surface area contributed by atoms with Gasteiger partial charge in [-0.25, -0.2) is 4.68 Å². The largest absolute Gasteiger partial charge is 0.497 e. The van der Waals surface area contributed by atoms with Crippen molar-refractivity contribution in [3.05, 3.63) is 78.1 Å². The summed E-state index contributed by atoms with van der Waals surface area (Å²) >= 11 is 0. The lowest BCUT2D eigenvalue weighted by atomic mass is 9.89. The Kier molecular flexibility index (Phi) is 5.79. The van der Waals surface area contributed by atoms with E-state index in [1.165, 1.54) is 5.56 Å². The number of halogens is 1. The van der Waals surface area contributed by atoms with E-state index in [9.17, 15) is 4.79 Å². The average molecular weight is 425 g/mol. The van der Waals surface area contributed by atoms with Crippen LogP contribution in [-0.4, -0.2) is 47.3 Å². The zero-order valence-electron chi connectivity index (χ0n) is 16.8. The molecule has 2 aliphatic rings. The quantitative estimate of drug-likeness (QED) is 0.697. The van der Waals surface area contributed by atoms with Gasteiger partial charge in [0.25, 0.3) is 5.91 Å². The zero-order valence-corrected chi connectivity index (χ0v) is 17.6. The molecule has 5 rings (SSSR count). The standard InChI is InChI=1S/C23H24N4O2.ClH/c1-29-20-9-5-16(6-10-20)22-21-14-24-13-18(21)15-26(22)23(28)17-3-7-19(8-4-17)27-12-2-11-25-27;/h2-12,18,21-22,24H,13-15H2,1H3;1H/t18-,21-,22-;/m0./s1. The molecular formula is C23H25ClN4O2.